The normalized spacial score (nSPS) is 36.9. The zero-order valence-electron chi connectivity index (χ0n) is 17.5. The summed E-state index contributed by atoms with van der Waals surface area (Å²) in [5.41, 5.74) is 0. The molecule has 3 rings (SSSR count). The van der Waals surface area contributed by atoms with Crippen molar-refractivity contribution in [3.8, 4) is 11.8 Å². The van der Waals surface area contributed by atoms with Crippen LogP contribution in [0.25, 0.3) is 0 Å². The molecule has 0 spiro atoms. The largest absolute Gasteiger partial charge is 0.453 e. The summed E-state index contributed by atoms with van der Waals surface area (Å²) in [6.07, 6.45) is 6.67. The van der Waals surface area contributed by atoms with Crippen LogP contribution in [0.1, 0.15) is 90.4 Å². The molecule has 0 aromatic heterocycles. The Labute approximate surface area is 172 Å². The first-order valence-electron chi connectivity index (χ1n) is 11.7. The maximum Gasteiger partial charge on any atom is 0.453 e. The van der Waals surface area contributed by atoms with Crippen LogP contribution in [0, 0.1) is 47.3 Å². The van der Waals surface area contributed by atoms with Gasteiger partial charge in [-0.1, -0.05) is 38.0 Å². The van der Waals surface area contributed by atoms with Crippen molar-refractivity contribution in [1.29, 1.82) is 0 Å². The van der Waals surface area contributed by atoms with Gasteiger partial charge in [-0.25, -0.2) is 0 Å². The van der Waals surface area contributed by atoms with Gasteiger partial charge in [-0.3, -0.25) is 0 Å². The molecule has 0 unspecified atom stereocenters. The summed E-state index contributed by atoms with van der Waals surface area (Å²) in [5.74, 6) is 3.46. The third-order valence-corrected chi connectivity index (χ3v) is 8.02. The second kappa shape index (κ2) is 9.56. The van der Waals surface area contributed by atoms with Crippen LogP contribution in [0.2, 0.25) is 0 Å². The van der Waals surface area contributed by atoms with E-state index >= 15 is 0 Å². The van der Waals surface area contributed by atoms with E-state index < -0.39 is 18.0 Å². The Bertz CT molecular complexity index is 560. The van der Waals surface area contributed by atoms with E-state index in [9.17, 15) is 22.0 Å². The summed E-state index contributed by atoms with van der Waals surface area (Å²) in [6, 6.07) is 0. The third-order valence-electron chi connectivity index (χ3n) is 8.02. The maximum absolute atomic E-state index is 13.5. The van der Waals surface area contributed by atoms with Crippen molar-refractivity contribution in [3.05, 3.63) is 0 Å². The van der Waals surface area contributed by atoms with E-state index in [2.05, 4.69) is 18.8 Å². The molecule has 0 aliphatic heterocycles. The molecular formula is C24H35F5. The molecule has 29 heavy (non-hydrogen) atoms. The zero-order valence-corrected chi connectivity index (χ0v) is 17.5. The minimum absolute atomic E-state index is 0.0164. The van der Waals surface area contributed by atoms with E-state index in [0.29, 0.717) is 18.8 Å². The van der Waals surface area contributed by atoms with Gasteiger partial charge >= 0.3 is 12.1 Å². The van der Waals surface area contributed by atoms with Gasteiger partial charge in [0.25, 0.3) is 0 Å². The molecule has 0 aromatic carbocycles. The molecule has 0 saturated heterocycles. The van der Waals surface area contributed by atoms with Crippen molar-refractivity contribution in [1.82, 2.24) is 0 Å². The number of halogens is 5. The van der Waals surface area contributed by atoms with Crippen molar-refractivity contribution in [2.75, 3.05) is 0 Å². The Hall–Kier alpha value is -0.790. The molecule has 0 bridgehead atoms. The van der Waals surface area contributed by atoms with Crippen molar-refractivity contribution in [2.24, 2.45) is 35.5 Å². The summed E-state index contributed by atoms with van der Waals surface area (Å²) in [5, 5.41) is 0. The van der Waals surface area contributed by atoms with Crippen LogP contribution >= 0.6 is 0 Å². The molecule has 0 aromatic rings. The first-order chi connectivity index (χ1) is 13.7. The molecule has 0 atom stereocenters. The van der Waals surface area contributed by atoms with Crippen LogP contribution in [0.5, 0.6) is 0 Å². The highest BCUT2D eigenvalue weighted by Crippen LogP contribution is 2.47. The first kappa shape index (κ1) is 22.9. The van der Waals surface area contributed by atoms with Crippen molar-refractivity contribution in [2.45, 2.75) is 102 Å². The summed E-state index contributed by atoms with van der Waals surface area (Å²) in [7, 11) is 0. The first-order valence-corrected chi connectivity index (χ1v) is 11.7. The lowest BCUT2D eigenvalue weighted by atomic mass is 9.69. The zero-order chi connectivity index (χ0) is 21.1. The van der Waals surface area contributed by atoms with Crippen LogP contribution in [0.4, 0.5) is 22.0 Å². The average molecular weight is 419 g/mol. The molecule has 3 aliphatic rings. The van der Waals surface area contributed by atoms with E-state index in [4.69, 9.17) is 0 Å². The highest BCUT2D eigenvalue weighted by Gasteiger charge is 2.62. The van der Waals surface area contributed by atoms with Crippen molar-refractivity contribution >= 4 is 0 Å². The van der Waals surface area contributed by atoms with Gasteiger partial charge in [-0.15, -0.1) is 0 Å². The molecule has 0 heterocycles. The molecule has 5 heteroatoms. The van der Waals surface area contributed by atoms with Crippen LogP contribution in [0.15, 0.2) is 0 Å². The van der Waals surface area contributed by atoms with Gasteiger partial charge in [0.2, 0.25) is 0 Å². The molecule has 0 nitrogen and oxygen atoms in total. The fourth-order valence-electron chi connectivity index (χ4n) is 5.87. The third kappa shape index (κ3) is 5.67. The summed E-state index contributed by atoms with van der Waals surface area (Å²) < 4.78 is 64.6. The van der Waals surface area contributed by atoms with Crippen LogP contribution < -0.4 is 0 Å². The van der Waals surface area contributed by atoms with E-state index in [-0.39, 0.29) is 18.8 Å². The SMILES string of the molecule is CCC1CCC(C2CCC(C#CC3CCC(C(F)(F)C(F)(F)F)CC3)CC2)CC1. The molecule has 0 amide bonds. The fourth-order valence-corrected chi connectivity index (χ4v) is 5.87. The lowest BCUT2D eigenvalue weighted by Gasteiger charge is -2.37. The topological polar surface area (TPSA) is 0 Å². The number of hydrogen-bond donors (Lipinski definition) is 0. The van der Waals surface area contributed by atoms with Crippen molar-refractivity contribution in [3.63, 3.8) is 0 Å². The van der Waals surface area contributed by atoms with Gasteiger partial charge in [0.05, 0.1) is 0 Å². The van der Waals surface area contributed by atoms with Gasteiger partial charge in [0.1, 0.15) is 0 Å². The second-order valence-corrected chi connectivity index (χ2v) is 9.76. The van der Waals surface area contributed by atoms with Crippen LogP contribution in [-0.2, 0) is 0 Å². The standard InChI is InChI=1S/C24H35F5/c1-2-17-5-11-20(12-6-17)21-13-7-18(8-14-21)3-4-19-9-15-22(16-10-19)23(25,26)24(27,28)29/h17-22H,2,5-16H2,1H3. The quantitative estimate of drug-likeness (QED) is 0.321. The number of alkyl halides is 5. The van der Waals surface area contributed by atoms with Gasteiger partial charge < -0.3 is 0 Å². The number of rotatable bonds is 3. The highest BCUT2D eigenvalue weighted by molar-refractivity contribution is 5.09. The van der Waals surface area contributed by atoms with E-state index in [1.165, 1.54) is 44.9 Å². The Morgan fingerprint density at radius 2 is 1.03 bits per heavy atom. The fraction of sp³-hybridized carbons (Fsp3) is 0.917. The summed E-state index contributed by atoms with van der Waals surface area (Å²) >= 11 is 0. The minimum atomic E-state index is -5.44. The minimum Gasteiger partial charge on any atom is -0.196 e. The Morgan fingerprint density at radius 1 is 0.621 bits per heavy atom. The van der Waals surface area contributed by atoms with Gasteiger partial charge in [0, 0.05) is 17.8 Å². The van der Waals surface area contributed by atoms with E-state index in [0.717, 1.165) is 30.6 Å². The average Bonchev–Trinajstić information content (AvgIpc) is 2.72. The highest BCUT2D eigenvalue weighted by atomic mass is 19.4. The molecule has 3 aliphatic carbocycles. The van der Waals surface area contributed by atoms with Crippen molar-refractivity contribution < 1.29 is 22.0 Å². The summed E-state index contributed by atoms with van der Waals surface area (Å²) in [4.78, 5) is 0. The second-order valence-electron chi connectivity index (χ2n) is 9.76. The molecule has 3 saturated carbocycles. The number of hydrogen-bond acceptors (Lipinski definition) is 0. The Kier molecular flexibility index (Phi) is 7.55. The predicted octanol–water partition coefficient (Wildman–Crippen LogP) is 8.02. The molecule has 0 N–H and O–H groups in total. The van der Waals surface area contributed by atoms with Crippen LogP contribution in [0.3, 0.4) is 0 Å². The lowest BCUT2D eigenvalue weighted by Crippen LogP contribution is -2.44. The smallest absolute Gasteiger partial charge is 0.196 e. The predicted molar refractivity (Wildman–Crippen MR) is 105 cm³/mol. The molecule has 0 radical (unpaired) electrons. The van der Waals surface area contributed by atoms with Crippen LogP contribution in [-0.4, -0.2) is 12.1 Å². The van der Waals surface area contributed by atoms with Gasteiger partial charge in [-0.05, 0) is 82.0 Å². The Balaban J connectivity index is 1.40. The summed E-state index contributed by atoms with van der Waals surface area (Å²) in [6.45, 7) is 2.29. The lowest BCUT2D eigenvalue weighted by molar-refractivity contribution is -0.305. The molecular weight excluding hydrogens is 383 g/mol. The molecule has 3 fully saturated rings. The molecule has 166 valence electrons. The van der Waals surface area contributed by atoms with Gasteiger partial charge in [-0.2, -0.15) is 22.0 Å². The van der Waals surface area contributed by atoms with Gasteiger partial charge in [0.15, 0.2) is 0 Å². The van der Waals surface area contributed by atoms with E-state index in [1.54, 1.807) is 0 Å². The maximum atomic E-state index is 13.5. The van der Waals surface area contributed by atoms with E-state index in [1.807, 2.05) is 0 Å². The Morgan fingerprint density at radius 3 is 1.45 bits per heavy atom. The monoisotopic (exact) mass is 418 g/mol.